The lowest BCUT2D eigenvalue weighted by Gasteiger charge is -2.15. The van der Waals surface area contributed by atoms with Gasteiger partial charge in [-0.1, -0.05) is 0 Å². The van der Waals surface area contributed by atoms with Crippen LogP contribution in [0.2, 0.25) is 0 Å². The summed E-state index contributed by atoms with van der Waals surface area (Å²) < 4.78 is 61.4. The number of pyridine rings is 1. The van der Waals surface area contributed by atoms with Crippen molar-refractivity contribution in [2.24, 2.45) is 0 Å². The van der Waals surface area contributed by atoms with Gasteiger partial charge in [0.1, 0.15) is 5.25 Å². The monoisotopic (exact) mass is 324 g/mol. The lowest BCUT2D eigenvalue weighted by atomic mass is 10.3. The molecular formula is C12H15F3N2O3S. The normalized spacial score (nSPS) is 14.0. The van der Waals surface area contributed by atoms with Gasteiger partial charge in [0.05, 0.1) is 5.56 Å². The Morgan fingerprint density at radius 3 is 2.19 bits per heavy atom. The molecule has 0 fully saturated rings. The molecule has 1 heterocycles. The molecule has 0 aliphatic rings. The second kappa shape index (κ2) is 6.00. The molecule has 1 aromatic rings. The number of hydrogen-bond acceptors (Lipinski definition) is 4. The number of carbonyl (C=O) groups is 1. The summed E-state index contributed by atoms with van der Waals surface area (Å²) in [6.45, 7) is 4.48. The molecule has 0 aliphatic carbocycles. The molecule has 0 bridgehead atoms. The summed E-state index contributed by atoms with van der Waals surface area (Å²) in [6.07, 6.45) is -4.17. The highest BCUT2D eigenvalue weighted by molar-refractivity contribution is 7.92. The van der Waals surface area contributed by atoms with Gasteiger partial charge in [0, 0.05) is 12.2 Å². The Bertz CT molecular complexity index is 610. The standard InChI is InChI=1S/C12H15F3N2O3S/c1-7(2)17-11(18)8(3)21(19,20)10-5-4-9(6-16-10)12(13,14)15/h4-8H,1-3H3,(H,17,18)/t8-/m0/s1. The first-order valence-corrected chi connectivity index (χ1v) is 7.58. The van der Waals surface area contributed by atoms with E-state index in [0.29, 0.717) is 12.3 Å². The van der Waals surface area contributed by atoms with Crippen molar-refractivity contribution in [1.29, 1.82) is 0 Å². The van der Waals surface area contributed by atoms with Crippen LogP contribution in [-0.4, -0.2) is 30.6 Å². The summed E-state index contributed by atoms with van der Waals surface area (Å²) in [7, 11) is -4.14. The van der Waals surface area contributed by atoms with Crippen LogP contribution in [0.1, 0.15) is 26.3 Å². The van der Waals surface area contributed by atoms with Crippen LogP contribution in [0.3, 0.4) is 0 Å². The first-order valence-electron chi connectivity index (χ1n) is 6.03. The van der Waals surface area contributed by atoms with E-state index in [2.05, 4.69) is 10.3 Å². The van der Waals surface area contributed by atoms with E-state index in [1.807, 2.05) is 0 Å². The molecule has 1 rings (SSSR count). The van der Waals surface area contributed by atoms with Crippen LogP contribution in [0.15, 0.2) is 23.4 Å². The van der Waals surface area contributed by atoms with Crippen molar-refractivity contribution in [2.45, 2.75) is 43.3 Å². The molecule has 0 radical (unpaired) electrons. The Balaban J connectivity index is 3.06. The van der Waals surface area contributed by atoms with Gasteiger partial charge in [-0.2, -0.15) is 13.2 Å². The Morgan fingerprint density at radius 1 is 1.24 bits per heavy atom. The zero-order chi connectivity index (χ0) is 16.4. The summed E-state index contributed by atoms with van der Waals surface area (Å²) >= 11 is 0. The summed E-state index contributed by atoms with van der Waals surface area (Å²) in [5.74, 6) is -0.730. The van der Waals surface area contributed by atoms with Crippen LogP contribution >= 0.6 is 0 Å². The van der Waals surface area contributed by atoms with Gasteiger partial charge >= 0.3 is 6.18 Å². The zero-order valence-electron chi connectivity index (χ0n) is 11.6. The fourth-order valence-electron chi connectivity index (χ4n) is 1.44. The van der Waals surface area contributed by atoms with Crippen molar-refractivity contribution in [2.75, 3.05) is 0 Å². The number of aromatic nitrogens is 1. The van der Waals surface area contributed by atoms with E-state index in [9.17, 15) is 26.4 Å². The summed E-state index contributed by atoms with van der Waals surface area (Å²) in [6, 6.07) is 1.11. The Kier molecular flexibility index (Phi) is 4.98. The quantitative estimate of drug-likeness (QED) is 0.916. The first kappa shape index (κ1) is 17.4. The number of sulfone groups is 1. The van der Waals surface area contributed by atoms with Crippen molar-refractivity contribution in [1.82, 2.24) is 10.3 Å². The Morgan fingerprint density at radius 2 is 1.81 bits per heavy atom. The number of nitrogens with zero attached hydrogens (tertiary/aromatic N) is 1. The number of halogens is 3. The highest BCUT2D eigenvalue weighted by Crippen LogP contribution is 2.29. The number of alkyl halides is 3. The lowest BCUT2D eigenvalue weighted by Crippen LogP contribution is -2.41. The number of amides is 1. The van der Waals surface area contributed by atoms with Gasteiger partial charge in [-0.25, -0.2) is 13.4 Å². The van der Waals surface area contributed by atoms with Gasteiger partial charge in [-0.05, 0) is 32.9 Å². The minimum Gasteiger partial charge on any atom is -0.353 e. The van der Waals surface area contributed by atoms with Crippen LogP contribution in [0.25, 0.3) is 0 Å². The fraction of sp³-hybridized carbons (Fsp3) is 0.500. The van der Waals surface area contributed by atoms with Crippen molar-refractivity contribution >= 4 is 15.7 Å². The Hall–Kier alpha value is -1.64. The average Bonchev–Trinajstić information content (AvgIpc) is 2.36. The third-order valence-corrected chi connectivity index (χ3v) is 4.59. The SMILES string of the molecule is CC(C)NC(=O)[C@H](C)S(=O)(=O)c1ccc(C(F)(F)F)cn1. The number of rotatable bonds is 4. The molecule has 0 saturated heterocycles. The smallest absolute Gasteiger partial charge is 0.353 e. The topological polar surface area (TPSA) is 76.1 Å². The van der Waals surface area contributed by atoms with Crippen LogP contribution in [0.4, 0.5) is 13.2 Å². The molecule has 1 aromatic heterocycles. The largest absolute Gasteiger partial charge is 0.417 e. The molecule has 21 heavy (non-hydrogen) atoms. The molecular weight excluding hydrogens is 309 g/mol. The van der Waals surface area contributed by atoms with Crippen molar-refractivity contribution in [3.63, 3.8) is 0 Å². The molecule has 5 nitrogen and oxygen atoms in total. The van der Waals surface area contributed by atoms with Gasteiger partial charge in [-0.3, -0.25) is 4.79 Å². The van der Waals surface area contributed by atoms with Crippen LogP contribution < -0.4 is 5.32 Å². The predicted molar refractivity (Wildman–Crippen MR) is 69.2 cm³/mol. The molecule has 0 aromatic carbocycles. The highest BCUT2D eigenvalue weighted by Gasteiger charge is 2.34. The van der Waals surface area contributed by atoms with Gasteiger partial charge in [0.2, 0.25) is 15.7 Å². The lowest BCUT2D eigenvalue weighted by molar-refractivity contribution is -0.137. The minimum atomic E-state index is -4.60. The minimum absolute atomic E-state index is 0.254. The van der Waals surface area contributed by atoms with Crippen LogP contribution in [0.5, 0.6) is 0 Å². The molecule has 0 spiro atoms. The van der Waals surface area contributed by atoms with Crippen molar-refractivity contribution in [3.8, 4) is 0 Å². The summed E-state index contributed by atoms with van der Waals surface area (Å²) in [4.78, 5) is 15.0. The molecule has 9 heteroatoms. The molecule has 0 unspecified atom stereocenters. The summed E-state index contributed by atoms with van der Waals surface area (Å²) in [5, 5.41) is 0.420. The molecule has 1 atom stereocenters. The number of nitrogens with one attached hydrogen (secondary N) is 1. The van der Waals surface area contributed by atoms with E-state index >= 15 is 0 Å². The maximum atomic E-state index is 12.4. The average molecular weight is 324 g/mol. The molecule has 0 aliphatic heterocycles. The maximum absolute atomic E-state index is 12.4. The number of carbonyl (C=O) groups excluding carboxylic acids is 1. The predicted octanol–water partition coefficient (Wildman–Crippen LogP) is 1.79. The first-order chi connectivity index (χ1) is 9.46. The van der Waals surface area contributed by atoms with E-state index in [4.69, 9.17) is 0 Å². The third-order valence-electron chi connectivity index (χ3n) is 2.62. The van der Waals surface area contributed by atoms with Gasteiger partial charge in [0.25, 0.3) is 0 Å². The maximum Gasteiger partial charge on any atom is 0.417 e. The second-order valence-corrected chi connectivity index (χ2v) is 6.95. The van der Waals surface area contributed by atoms with Gasteiger partial charge < -0.3 is 5.32 Å². The van der Waals surface area contributed by atoms with Crippen LogP contribution in [0, 0.1) is 0 Å². The number of hydrogen-bond donors (Lipinski definition) is 1. The molecule has 1 amide bonds. The molecule has 0 saturated carbocycles. The fourth-order valence-corrected chi connectivity index (χ4v) is 2.61. The van der Waals surface area contributed by atoms with E-state index in [-0.39, 0.29) is 6.04 Å². The van der Waals surface area contributed by atoms with E-state index in [0.717, 1.165) is 13.0 Å². The van der Waals surface area contributed by atoms with E-state index in [1.165, 1.54) is 0 Å². The zero-order valence-corrected chi connectivity index (χ0v) is 12.4. The van der Waals surface area contributed by atoms with Gasteiger partial charge in [0.15, 0.2) is 5.03 Å². The molecule has 118 valence electrons. The van der Waals surface area contributed by atoms with Crippen molar-refractivity contribution < 1.29 is 26.4 Å². The van der Waals surface area contributed by atoms with Crippen LogP contribution in [-0.2, 0) is 20.8 Å². The van der Waals surface area contributed by atoms with E-state index in [1.54, 1.807) is 13.8 Å². The second-order valence-electron chi connectivity index (χ2n) is 4.73. The highest BCUT2D eigenvalue weighted by atomic mass is 32.2. The Labute approximate surface area is 120 Å². The van der Waals surface area contributed by atoms with E-state index < -0.39 is 37.8 Å². The van der Waals surface area contributed by atoms with Crippen molar-refractivity contribution in [3.05, 3.63) is 23.9 Å². The summed E-state index contributed by atoms with van der Waals surface area (Å²) in [5.41, 5.74) is -1.05. The third kappa shape index (κ3) is 4.16. The molecule has 1 N–H and O–H groups in total. The van der Waals surface area contributed by atoms with Gasteiger partial charge in [-0.15, -0.1) is 0 Å².